The SMILES string of the molecule is Nc1cc2cccc(S(=O)(=O)O)c2c(S(=O)(=O)O)c1S(=O)(=O)O. The summed E-state index contributed by atoms with van der Waals surface area (Å²) in [6.07, 6.45) is 0. The number of nitrogens with two attached hydrogens (primary N) is 1. The molecule has 0 aliphatic heterocycles. The van der Waals surface area contributed by atoms with Gasteiger partial charge in [-0.1, -0.05) is 12.1 Å². The highest BCUT2D eigenvalue weighted by Crippen LogP contribution is 2.37. The van der Waals surface area contributed by atoms with Crippen LogP contribution in [0.2, 0.25) is 0 Å². The summed E-state index contributed by atoms with van der Waals surface area (Å²) in [4.78, 5) is -3.81. The van der Waals surface area contributed by atoms with Crippen LogP contribution >= 0.6 is 0 Å². The Kier molecular flexibility index (Phi) is 3.91. The first-order chi connectivity index (χ1) is 10.2. The van der Waals surface area contributed by atoms with Gasteiger partial charge in [0.25, 0.3) is 30.4 Å². The van der Waals surface area contributed by atoms with Gasteiger partial charge in [-0.05, 0) is 17.5 Å². The van der Waals surface area contributed by atoms with Gasteiger partial charge >= 0.3 is 0 Å². The third-order valence-corrected chi connectivity index (χ3v) is 5.76. The summed E-state index contributed by atoms with van der Waals surface area (Å²) in [5.41, 5.74) is 4.67. The lowest BCUT2D eigenvalue weighted by Gasteiger charge is -2.13. The molecule has 13 heteroatoms. The predicted molar refractivity (Wildman–Crippen MR) is 77.8 cm³/mol. The van der Waals surface area contributed by atoms with E-state index < -0.39 is 56.1 Å². The third kappa shape index (κ3) is 3.15. The van der Waals surface area contributed by atoms with E-state index in [0.29, 0.717) is 0 Å². The molecule has 2 aromatic carbocycles. The molecule has 0 bridgehead atoms. The van der Waals surface area contributed by atoms with E-state index in [1.807, 2.05) is 0 Å². The van der Waals surface area contributed by atoms with Crippen molar-refractivity contribution in [3.05, 3.63) is 24.3 Å². The Morgan fingerprint density at radius 3 is 1.74 bits per heavy atom. The fraction of sp³-hybridized carbons (Fsp3) is 0. The van der Waals surface area contributed by atoms with Crippen molar-refractivity contribution in [1.82, 2.24) is 0 Å². The van der Waals surface area contributed by atoms with E-state index in [0.717, 1.165) is 18.2 Å². The summed E-state index contributed by atoms with van der Waals surface area (Å²) in [7, 11) is -15.6. The van der Waals surface area contributed by atoms with Gasteiger partial charge in [0, 0.05) is 5.39 Å². The predicted octanol–water partition coefficient (Wildman–Crippen LogP) is 0.162. The quantitative estimate of drug-likeness (QED) is 0.419. The second-order valence-corrected chi connectivity index (χ2v) is 8.51. The molecule has 0 aliphatic carbocycles. The first-order valence-corrected chi connectivity index (χ1v) is 9.84. The van der Waals surface area contributed by atoms with Gasteiger partial charge in [0.2, 0.25) is 0 Å². The van der Waals surface area contributed by atoms with E-state index in [1.165, 1.54) is 6.07 Å². The lowest BCUT2D eigenvalue weighted by molar-refractivity contribution is 0.467. The van der Waals surface area contributed by atoms with Crippen molar-refractivity contribution in [3.63, 3.8) is 0 Å². The Morgan fingerprint density at radius 1 is 0.783 bits per heavy atom. The zero-order valence-corrected chi connectivity index (χ0v) is 13.4. The highest BCUT2D eigenvalue weighted by atomic mass is 32.2. The largest absolute Gasteiger partial charge is 0.398 e. The Balaban J connectivity index is 3.35. The molecular formula is C10H9NO9S3. The van der Waals surface area contributed by atoms with Crippen molar-refractivity contribution in [2.45, 2.75) is 14.7 Å². The maximum Gasteiger partial charge on any atom is 0.298 e. The molecule has 23 heavy (non-hydrogen) atoms. The molecular weight excluding hydrogens is 374 g/mol. The highest BCUT2D eigenvalue weighted by molar-refractivity contribution is 7.89. The van der Waals surface area contributed by atoms with Crippen LogP contribution in [-0.4, -0.2) is 38.9 Å². The van der Waals surface area contributed by atoms with E-state index >= 15 is 0 Å². The van der Waals surface area contributed by atoms with Crippen molar-refractivity contribution < 1.29 is 38.9 Å². The van der Waals surface area contributed by atoms with Crippen LogP contribution in [0.5, 0.6) is 0 Å². The Labute approximate surface area is 130 Å². The van der Waals surface area contributed by atoms with E-state index in [2.05, 4.69) is 0 Å². The van der Waals surface area contributed by atoms with E-state index in [1.54, 1.807) is 0 Å². The van der Waals surface area contributed by atoms with Crippen LogP contribution in [0.1, 0.15) is 0 Å². The van der Waals surface area contributed by atoms with Crippen molar-refractivity contribution in [2.24, 2.45) is 0 Å². The molecule has 5 N–H and O–H groups in total. The van der Waals surface area contributed by atoms with Crippen LogP contribution < -0.4 is 5.73 Å². The van der Waals surface area contributed by atoms with Crippen molar-refractivity contribution >= 4 is 46.8 Å². The summed E-state index contributed by atoms with van der Waals surface area (Å²) >= 11 is 0. The summed E-state index contributed by atoms with van der Waals surface area (Å²) in [6.45, 7) is 0. The smallest absolute Gasteiger partial charge is 0.298 e. The molecule has 0 fully saturated rings. The molecule has 0 radical (unpaired) electrons. The van der Waals surface area contributed by atoms with E-state index in [-0.39, 0.29) is 5.39 Å². The number of fused-ring (bicyclic) bond motifs is 1. The molecule has 0 saturated carbocycles. The molecule has 2 rings (SSSR count). The Morgan fingerprint density at radius 2 is 1.30 bits per heavy atom. The zero-order chi connectivity index (χ0) is 17.8. The van der Waals surface area contributed by atoms with Crippen LogP contribution in [-0.2, 0) is 30.4 Å². The van der Waals surface area contributed by atoms with Gasteiger partial charge in [-0.15, -0.1) is 0 Å². The molecule has 0 unspecified atom stereocenters. The maximum atomic E-state index is 11.6. The number of nitrogen functional groups attached to an aromatic ring is 1. The van der Waals surface area contributed by atoms with Crippen LogP contribution in [0, 0.1) is 0 Å². The molecule has 0 spiro atoms. The average molecular weight is 383 g/mol. The monoisotopic (exact) mass is 383 g/mol. The summed E-state index contributed by atoms with van der Waals surface area (Å²) < 4.78 is 96.5. The molecule has 10 nitrogen and oxygen atoms in total. The normalized spacial score (nSPS) is 13.3. The van der Waals surface area contributed by atoms with Gasteiger partial charge in [0.1, 0.15) is 14.7 Å². The second kappa shape index (κ2) is 5.12. The number of rotatable bonds is 3. The molecule has 0 atom stereocenters. The van der Waals surface area contributed by atoms with Crippen LogP contribution in [0.4, 0.5) is 5.69 Å². The standard InChI is InChI=1S/C10H9NO9S3/c11-6-4-5-2-1-3-7(21(12,13)14)8(5)10(23(18,19)20)9(6)22(15,16)17/h1-4H,11H2,(H,12,13,14)(H,15,16,17)(H,18,19,20). The number of benzene rings is 2. The van der Waals surface area contributed by atoms with Crippen molar-refractivity contribution in [1.29, 1.82) is 0 Å². The number of hydrogen-bond acceptors (Lipinski definition) is 7. The highest BCUT2D eigenvalue weighted by Gasteiger charge is 2.32. The lowest BCUT2D eigenvalue weighted by atomic mass is 10.1. The maximum absolute atomic E-state index is 11.6. The fourth-order valence-corrected chi connectivity index (χ4v) is 5.07. The zero-order valence-electron chi connectivity index (χ0n) is 10.9. The fourth-order valence-electron chi connectivity index (χ4n) is 2.12. The van der Waals surface area contributed by atoms with E-state index in [9.17, 15) is 38.9 Å². The molecule has 2 aromatic rings. The number of anilines is 1. The van der Waals surface area contributed by atoms with Gasteiger partial charge < -0.3 is 5.73 Å². The first kappa shape index (κ1) is 17.6. The lowest BCUT2D eigenvalue weighted by Crippen LogP contribution is -2.13. The first-order valence-electron chi connectivity index (χ1n) is 5.52. The summed E-state index contributed by atoms with van der Waals surface area (Å²) in [5.74, 6) is 0. The minimum Gasteiger partial charge on any atom is -0.398 e. The van der Waals surface area contributed by atoms with Gasteiger partial charge in [0.05, 0.1) is 5.69 Å². The van der Waals surface area contributed by atoms with Crippen molar-refractivity contribution in [2.75, 3.05) is 5.73 Å². The molecule has 0 heterocycles. The molecule has 0 amide bonds. The van der Waals surface area contributed by atoms with Gasteiger partial charge in [-0.2, -0.15) is 25.3 Å². The van der Waals surface area contributed by atoms with Crippen LogP contribution in [0.25, 0.3) is 10.8 Å². The molecule has 0 aliphatic rings. The van der Waals surface area contributed by atoms with Gasteiger partial charge in [0.15, 0.2) is 0 Å². The molecule has 126 valence electrons. The van der Waals surface area contributed by atoms with Crippen LogP contribution in [0.15, 0.2) is 39.0 Å². The van der Waals surface area contributed by atoms with E-state index in [4.69, 9.17) is 5.73 Å². The average Bonchev–Trinajstić information content (AvgIpc) is 2.32. The summed E-state index contributed by atoms with van der Waals surface area (Å²) in [5, 5.41) is -1.02. The minimum atomic E-state index is -5.34. The molecule has 0 saturated heterocycles. The number of hydrogen-bond donors (Lipinski definition) is 4. The van der Waals surface area contributed by atoms with Crippen LogP contribution in [0.3, 0.4) is 0 Å². The Bertz CT molecular complexity index is 1130. The summed E-state index contributed by atoms with van der Waals surface area (Å²) in [6, 6.07) is 3.96. The van der Waals surface area contributed by atoms with Crippen molar-refractivity contribution in [3.8, 4) is 0 Å². The molecule has 0 aromatic heterocycles. The second-order valence-electron chi connectivity index (χ2n) is 4.40. The Hall–Kier alpha value is -1.77. The third-order valence-electron chi connectivity index (χ3n) is 2.86. The topological polar surface area (TPSA) is 189 Å². The van der Waals surface area contributed by atoms with Gasteiger partial charge in [-0.3, -0.25) is 13.7 Å². The minimum absolute atomic E-state index is 0.197. The van der Waals surface area contributed by atoms with Gasteiger partial charge in [-0.25, -0.2) is 0 Å².